The van der Waals surface area contributed by atoms with Crippen LogP contribution in [0.2, 0.25) is 0 Å². The summed E-state index contributed by atoms with van der Waals surface area (Å²) < 4.78 is 32.0. The molecule has 3 N–H and O–H groups in total. The van der Waals surface area contributed by atoms with Gasteiger partial charge >= 0.3 is 0 Å². The molecule has 0 aliphatic heterocycles. The summed E-state index contributed by atoms with van der Waals surface area (Å²) >= 11 is 0. The van der Waals surface area contributed by atoms with E-state index in [0.717, 1.165) is 43.9 Å². The van der Waals surface area contributed by atoms with Crippen molar-refractivity contribution in [2.24, 2.45) is 5.73 Å². The fourth-order valence-electron chi connectivity index (χ4n) is 2.47. The summed E-state index contributed by atoms with van der Waals surface area (Å²) in [6.45, 7) is 1.38. The monoisotopic (exact) mass is 384 g/mol. The zero-order chi connectivity index (χ0) is 20.2. The number of Topliss-reactive ketones (excluding diaryl/α,β-unsaturated/α-hetero) is 1. The number of ether oxygens (including phenoxy) is 1. The standard InChI is InChI=1S/C19H26F2N2O4/c1-2-3-4-5-6-10-18(26)23-15(11-17(22)25)16(24)12-27-19-13(20)8-7-9-14(19)21/h7-9,15H,2-6,10-12H2,1H3,(H2,22,25)(H,23,26)/t15-/m1/s1. The Morgan fingerprint density at radius 2 is 1.74 bits per heavy atom. The van der Waals surface area contributed by atoms with Gasteiger partial charge in [0.2, 0.25) is 11.8 Å². The van der Waals surface area contributed by atoms with E-state index < -0.39 is 48.1 Å². The van der Waals surface area contributed by atoms with E-state index in [-0.39, 0.29) is 12.3 Å². The highest BCUT2D eigenvalue weighted by Gasteiger charge is 2.24. The quantitative estimate of drug-likeness (QED) is 0.511. The first-order valence-electron chi connectivity index (χ1n) is 9.02. The number of nitrogens with two attached hydrogens (primary N) is 1. The Kier molecular flexibility index (Phi) is 10.00. The third-order valence-electron chi connectivity index (χ3n) is 3.91. The van der Waals surface area contributed by atoms with Crippen LogP contribution in [0, 0.1) is 11.6 Å². The first kappa shape index (κ1) is 22.5. The van der Waals surface area contributed by atoms with Crippen LogP contribution >= 0.6 is 0 Å². The highest BCUT2D eigenvalue weighted by Crippen LogP contribution is 2.20. The van der Waals surface area contributed by atoms with Crippen molar-refractivity contribution in [3.05, 3.63) is 29.8 Å². The molecule has 1 atom stereocenters. The van der Waals surface area contributed by atoms with Gasteiger partial charge in [-0.25, -0.2) is 8.78 Å². The number of hydrogen-bond acceptors (Lipinski definition) is 4. The molecule has 0 spiro atoms. The molecule has 27 heavy (non-hydrogen) atoms. The predicted octanol–water partition coefficient (Wildman–Crippen LogP) is 2.63. The number of para-hydroxylation sites is 1. The lowest BCUT2D eigenvalue weighted by Gasteiger charge is -2.17. The summed E-state index contributed by atoms with van der Waals surface area (Å²) in [7, 11) is 0. The first-order valence-corrected chi connectivity index (χ1v) is 9.02. The van der Waals surface area contributed by atoms with Crippen molar-refractivity contribution in [2.45, 2.75) is 57.9 Å². The molecule has 0 saturated carbocycles. The predicted molar refractivity (Wildman–Crippen MR) is 96.0 cm³/mol. The van der Waals surface area contributed by atoms with Crippen molar-refractivity contribution in [2.75, 3.05) is 6.61 Å². The van der Waals surface area contributed by atoms with E-state index in [9.17, 15) is 23.2 Å². The zero-order valence-corrected chi connectivity index (χ0v) is 15.4. The van der Waals surface area contributed by atoms with Gasteiger partial charge in [-0.2, -0.15) is 0 Å². The number of unbranched alkanes of at least 4 members (excludes halogenated alkanes) is 4. The van der Waals surface area contributed by atoms with Crippen molar-refractivity contribution < 1.29 is 27.9 Å². The Hall–Kier alpha value is -2.51. The van der Waals surface area contributed by atoms with Crippen LogP contribution in [0.4, 0.5) is 8.78 Å². The minimum absolute atomic E-state index is 0.217. The molecule has 1 aromatic rings. The number of carbonyl (C=O) groups excluding carboxylic acids is 3. The maximum atomic E-state index is 13.5. The van der Waals surface area contributed by atoms with Crippen molar-refractivity contribution >= 4 is 17.6 Å². The van der Waals surface area contributed by atoms with Gasteiger partial charge in [0.05, 0.1) is 12.5 Å². The van der Waals surface area contributed by atoms with Gasteiger partial charge in [0.1, 0.15) is 6.61 Å². The Morgan fingerprint density at radius 1 is 1.11 bits per heavy atom. The van der Waals surface area contributed by atoms with Gasteiger partial charge in [-0.3, -0.25) is 14.4 Å². The maximum Gasteiger partial charge on any atom is 0.220 e. The van der Waals surface area contributed by atoms with Gasteiger partial charge in [-0.15, -0.1) is 0 Å². The van der Waals surface area contributed by atoms with Gasteiger partial charge in [0, 0.05) is 6.42 Å². The van der Waals surface area contributed by atoms with Crippen LogP contribution in [-0.4, -0.2) is 30.2 Å². The molecular formula is C19H26F2N2O4. The van der Waals surface area contributed by atoms with Gasteiger partial charge in [0.25, 0.3) is 0 Å². The molecule has 0 bridgehead atoms. The molecule has 1 rings (SSSR count). The number of carbonyl (C=O) groups is 3. The Labute approximate surface area is 157 Å². The fourth-order valence-corrected chi connectivity index (χ4v) is 2.47. The lowest BCUT2D eigenvalue weighted by atomic mass is 10.1. The van der Waals surface area contributed by atoms with Gasteiger partial charge in [-0.1, -0.05) is 38.7 Å². The number of rotatable bonds is 13. The minimum Gasteiger partial charge on any atom is -0.480 e. The number of primary amides is 1. The summed E-state index contributed by atoms with van der Waals surface area (Å²) in [6.07, 6.45) is 4.57. The molecule has 1 aromatic carbocycles. The van der Waals surface area contributed by atoms with Gasteiger partial charge in [0.15, 0.2) is 23.2 Å². The van der Waals surface area contributed by atoms with Crippen LogP contribution < -0.4 is 15.8 Å². The van der Waals surface area contributed by atoms with Gasteiger partial charge in [-0.05, 0) is 18.6 Å². The Bertz CT molecular complexity index is 632. The largest absolute Gasteiger partial charge is 0.480 e. The SMILES string of the molecule is CCCCCCCC(=O)N[C@H](CC(N)=O)C(=O)COc1c(F)cccc1F. The van der Waals surface area contributed by atoms with Crippen LogP contribution in [0.1, 0.15) is 51.9 Å². The van der Waals surface area contributed by atoms with E-state index in [0.29, 0.717) is 6.42 Å². The number of amides is 2. The molecule has 0 saturated heterocycles. The second-order valence-corrected chi connectivity index (χ2v) is 6.26. The summed E-state index contributed by atoms with van der Waals surface area (Å²) in [6, 6.07) is 1.95. The molecule has 0 radical (unpaired) electrons. The van der Waals surface area contributed by atoms with E-state index >= 15 is 0 Å². The number of benzene rings is 1. The lowest BCUT2D eigenvalue weighted by molar-refractivity contribution is -0.131. The molecule has 2 amide bonds. The average molecular weight is 384 g/mol. The van der Waals surface area contributed by atoms with E-state index in [1.807, 2.05) is 0 Å². The zero-order valence-electron chi connectivity index (χ0n) is 15.4. The number of hydrogen-bond donors (Lipinski definition) is 2. The van der Waals surface area contributed by atoms with E-state index in [2.05, 4.69) is 12.2 Å². The topological polar surface area (TPSA) is 98.5 Å². The molecule has 0 aliphatic carbocycles. The summed E-state index contributed by atoms with van der Waals surface area (Å²) in [5.41, 5.74) is 5.11. The minimum atomic E-state index is -1.19. The number of nitrogens with one attached hydrogen (secondary N) is 1. The number of ketones is 1. The van der Waals surface area contributed by atoms with Crippen LogP contribution in [0.25, 0.3) is 0 Å². The van der Waals surface area contributed by atoms with E-state index in [1.54, 1.807) is 0 Å². The highest BCUT2D eigenvalue weighted by atomic mass is 19.1. The summed E-state index contributed by atoms with van der Waals surface area (Å²) in [4.78, 5) is 35.4. The smallest absolute Gasteiger partial charge is 0.220 e. The third kappa shape index (κ3) is 8.61. The normalized spacial score (nSPS) is 11.7. The molecule has 0 aromatic heterocycles. The van der Waals surface area contributed by atoms with Crippen LogP contribution in [0.5, 0.6) is 5.75 Å². The molecule has 0 aliphatic rings. The highest BCUT2D eigenvalue weighted by molar-refractivity contribution is 5.93. The van der Waals surface area contributed by atoms with E-state index in [4.69, 9.17) is 10.5 Å². The van der Waals surface area contributed by atoms with Crippen molar-refractivity contribution in [3.63, 3.8) is 0 Å². The second kappa shape index (κ2) is 12.0. The first-order chi connectivity index (χ1) is 12.8. The van der Waals surface area contributed by atoms with Crippen LogP contribution in [0.15, 0.2) is 18.2 Å². The molecule has 6 nitrogen and oxygen atoms in total. The van der Waals surface area contributed by atoms with Crippen LogP contribution in [-0.2, 0) is 14.4 Å². The molecule has 8 heteroatoms. The molecular weight excluding hydrogens is 358 g/mol. The second-order valence-electron chi connectivity index (χ2n) is 6.26. The molecule has 0 unspecified atom stereocenters. The lowest BCUT2D eigenvalue weighted by Crippen LogP contribution is -2.45. The fraction of sp³-hybridized carbons (Fsp3) is 0.526. The van der Waals surface area contributed by atoms with Crippen LogP contribution in [0.3, 0.4) is 0 Å². The van der Waals surface area contributed by atoms with Crippen molar-refractivity contribution in [1.82, 2.24) is 5.32 Å². The number of halogens is 2. The maximum absolute atomic E-state index is 13.5. The van der Waals surface area contributed by atoms with E-state index in [1.165, 1.54) is 0 Å². The van der Waals surface area contributed by atoms with Crippen molar-refractivity contribution in [3.8, 4) is 5.75 Å². The third-order valence-corrected chi connectivity index (χ3v) is 3.91. The Balaban J connectivity index is 2.58. The Morgan fingerprint density at radius 3 is 2.33 bits per heavy atom. The molecule has 0 fully saturated rings. The summed E-state index contributed by atoms with van der Waals surface area (Å²) in [5, 5.41) is 2.45. The van der Waals surface area contributed by atoms with Crippen molar-refractivity contribution in [1.29, 1.82) is 0 Å². The summed E-state index contributed by atoms with van der Waals surface area (Å²) in [5.74, 6) is -4.46. The molecule has 150 valence electrons. The average Bonchev–Trinajstić information content (AvgIpc) is 2.60. The van der Waals surface area contributed by atoms with Gasteiger partial charge < -0.3 is 15.8 Å². The molecule has 0 heterocycles.